The van der Waals surface area contributed by atoms with Crippen LogP contribution < -0.4 is 5.32 Å². The second-order valence-electron chi connectivity index (χ2n) is 8.87. The van der Waals surface area contributed by atoms with Crippen molar-refractivity contribution in [2.24, 2.45) is 5.92 Å². The number of nitrogens with zero attached hydrogens (tertiary/aromatic N) is 1. The first kappa shape index (κ1) is 27.1. The van der Waals surface area contributed by atoms with Crippen molar-refractivity contribution in [3.05, 3.63) is 105 Å². The highest BCUT2D eigenvalue weighted by Crippen LogP contribution is 2.27. The Balaban J connectivity index is 2.01. The minimum absolute atomic E-state index is 0.0887. The fourth-order valence-electron chi connectivity index (χ4n) is 3.75. The lowest BCUT2D eigenvalue weighted by Crippen LogP contribution is -2.51. The van der Waals surface area contributed by atoms with E-state index in [1.54, 1.807) is 41.3 Å². The van der Waals surface area contributed by atoms with Gasteiger partial charge in [0.25, 0.3) is 0 Å². The van der Waals surface area contributed by atoms with Gasteiger partial charge >= 0.3 is 0 Å². The van der Waals surface area contributed by atoms with Crippen LogP contribution in [0.2, 0.25) is 15.1 Å². The van der Waals surface area contributed by atoms with Gasteiger partial charge in [0.05, 0.1) is 6.42 Å². The minimum atomic E-state index is -0.754. The number of carbonyl (C=O) groups excluding carboxylic acids is 2. The molecule has 1 atom stereocenters. The number of hydrogen-bond acceptors (Lipinski definition) is 2. The zero-order chi connectivity index (χ0) is 25.4. The Hall–Kier alpha value is -2.53. The Morgan fingerprint density at radius 3 is 2.11 bits per heavy atom. The first-order valence-corrected chi connectivity index (χ1v) is 12.7. The summed E-state index contributed by atoms with van der Waals surface area (Å²) in [5, 5.41) is 4.44. The molecule has 35 heavy (non-hydrogen) atoms. The van der Waals surface area contributed by atoms with Gasteiger partial charge < -0.3 is 10.2 Å². The molecule has 3 rings (SSSR count). The van der Waals surface area contributed by atoms with Crippen molar-refractivity contribution in [2.45, 2.75) is 39.3 Å². The number of amides is 2. The number of carbonyl (C=O) groups is 2. The van der Waals surface area contributed by atoms with Crippen LogP contribution >= 0.6 is 34.8 Å². The second kappa shape index (κ2) is 13.0. The molecule has 0 radical (unpaired) electrons. The fourth-order valence-corrected chi connectivity index (χ4v) is 4.48. The third kappa shape index (κ3) is 7.99. The summed E-state index contributed by atoms with van der Waals surface area (Å²) in [7, 11) is 0. The summed E-state index contributed by atoms with van der Waals surface area (Å²) >= 11 is 19.1. The highest BCUT2D eigenvalue weighted by atomic mass is 35.5. The van der Waals surface area contributed by atoms with E-state index in [9.17, 15) is 9.59 Å². The molecule has 0 saturated heterocycles. The molecule has 7 heteroatoms. The Kier molecular flexibility index (Phi) is 10.0. The summed E-state index contributed by atoms with van der Waals surface area (Å²) in [5.74, 6) is -0.168. The van der Waals surface area contributed by atoms with E-state index in [0.717, 1.165) is 11.1 Å². The fraction of sp³-hybridized carbons (Fsp3) is 0.286. The van der Waals surface area contributed by atoms with E-state index in [1.807, 2.05) is 50.2 Å². The normalized spacial score (nSPS) is 11.8. The maximum Gasteiger partial charge on any atom is 0.243 e. The first-order valence-electron chi connectivity index (χ1n) is 11.5. The van der Waals surface area contributed by atoms with Crippen LogP contribution in [-0.2, 0) is 29.0 Å². The zero-order valence-electron chi connectivity index (χ0n) is 19.8. The number of halogens is 3. The molecule has 3 aromatic rings. The monoisotopic (exact) mass is 530 g/mol. The van der Waals surface area contributed by atoms with E-state index >= 15 is 0 Å². The predicted molar refractivity (Wildman–Crippen MR) is 144 cm³/mol. The van der Waals surface area contributed by atoms with Crippen LogP contribution in [0.15, 0.2) is 72.8 Å². The van der Waals surface area contributed by atoms with Gasteiger partial charge in [-0.1, -0.05) is 97.2 Å². The summed E-state index contributed by atoms with van der Waals surface area (Å²) in [6.45, 7) is 4.66. The lowest BCUT2D eigenvalue weighted by Gasteiger charge is -2.32. The Labute approximate surface area is 222 Å². The SMILES string of the molecule is CC(C)CNC(=O)C(Cc1ccccc1)N(Cc1c(Cl)cccc1Cl)C(=O)Cc1cccc(Cl)c1. The van der Waals surface area contributed by atoms with Crippen LogP contribution in [0.1, 0.15) is 30.5 Å². The molecule has 4 nitrogen and oxygen atoms in total. The summed E-state index contributed by atoms with van der Waals surface area (Å²) in [6.07, 6.45) is 0.444. The average molecular weight is 532 g/mol. The molecule has 0 aliphatic rings. The van der Waals surface area contributed by atoms with Crippen LogP contribution in [0.5, 0.6) is 0 Å². The van der Waals surface area contributed by atoms with Crippen LogP contribution in [0, 0.1) is 5.92 Å². The average Bonchev–Trinajstić information content (AvgIpc) is 2.82. The molecular formula is C28H29Cl3N2O2. The molecule has 0 saturated carbocycles. The quantitative estimate of drug-likeness (QED) is 0.320. The molecule has 184 valence electrons. The summed E-state index contributed by atoms with van der Waals surface area (Å²) in [5.41, 5.74) is 2.31. The maximum absolute atomic E-state index is 13.7. The predicted octanol–water partition coefficient (Wildman–Crippen LogP) is 6.60. The molecule has 0 spiro atoms. The molecule has 1 N–H and O–H groups in total. The third-order valence-electron chi connectivity index (χ3n) is 5.59. The van der Waals surface area contributed by atoms with Crippen LogP contribution in [-0.4, -0.2) is 29.3 Å². The summed E-state index contributed by atoms with van der Waals surface area (Å²) in [4.78, 5) is 28.8. The molecule has 0 bridgehead atoms. The lowest BCUT2D eigenvalue weighted by molar-refractivity contribution is -0.140. The topological polar surface area (TPSA) is 49.4 Å². The van der Waals surface area contributed by atoms with E-state index in [-0.39, 0.29) is 30.7 Å². The van der Waals surface area contributed by atoms with Crippen molar-refractivity contribution in [3.8, 4) is 0 Å². The van der Waals surface area contributed by atoms with Gasteiger partial charge in [-0.05, 0) is 41.3 Å². The van der Waals surface area contributed by atoms with Crippen molar-refractivity contribution in [1.82, 2.24) is 10.2 Å². The molecule has 0 heterocycles. The third-order valence-corrected chi connectivity index (χ3v) is 6.53. The summed E-state index contributed by atoms with van der Waals surface area (Å²) in [6, 6.07) is 21.3. The van der Waals surface area contributed by atoms with Gasteiger partial charge in [-0.2, -0.15) is 0 Å². The highest BCUT2D eigenvalue weighted by molar-refractivity contribution is 6.36. The number of benzene rings is 3. The van der Waals surface area contributed by atoms with E-state index < -0.39 is 6.04 Å². The van der Waals surface area contributed by atoms with Crippen molar-refractivity contribution < 1.29 is 9.59 Å². The van der Waals surface area contributed by atoms with Gasteiger partial charge in [-0.15, -0.1) is 0 Å². The summed E-state index contributed by atoms with van der Waals surface area (Å²) < 4.78 is 0. The number of hydrogen-bond donors (Lipinski definition) is 1. The molecule has 3 aromatic carbocycles. The molecule has 0 fully saturated rings. The molecule has 1 unspecified atom stereocenters. The van der Waals surface area contributed by atoms with Crippen molar-refractivity contribution in [1.29, 1.82) is 0 Å². The lowest BCUT2D eigenvalue weighted by atomic mass is 10.0. The van der Waals surface area contributed by atoms with Gasteiger partial charge in [-0.25, -0.2) is 0 Å². The molecule has 2 amide bonds. The molecule has 0 aromatic heterocycles. The van der Waals surface area contributed by atoms with E-state index in [0.29, 0.717) is 33.6 Å². The maximum atomic E-state index is 13.7. The van der Waals surface area contributed by atoms with Crippen LogP contribution in [0.4, 0.5) is 0 Å². The highest BCUT2D eigenvalue weighted by Gasteiger charge is 2.31. The van der Waals surface area contributed by atoms with E-state index in [2.05, 4.69) is 5.32 Å². The first-order chi connectivity index (χ1) is 16.7. The Morgan fingerprint density at radius 2 is 1.49 bits per heavy atom. The Bertz CT molecular complexity index is 1130. The second-order valence-corrected chi connectivity index (χ2v) is 10.1. The van der Waals surface area contributed by atoms with Gasteiger partial charge in [0.2, 0.25) is 11.8 Å². The molecule has 0 aliphatic heterocycles. The van der Waals surface area contributed by atoms with Gasteiger partial charge in [0.15, 0.2) is 0 Å². The van der Waals surface area contributed by atoms with Gasteiger partial charge in [0, 0.05) is 40.1 Å². The largest absolute Gasteiger partial charge is 0.354 e. The van der Waals surface area contributed by atoms with Crippen molar-refractivity contribution in [2.75, 3.05) is 6.54 Å². The van der Waals surface area contributed by atoms with Crippen LogP contribution in [0.3, 0.4) is 0 Å². The number of nitrogens with one attached hydrogen (secondary N) is 1. The van der Waals surface area contributed by atoms with Gasteiger partial charge in [-0.3, -0.25) is 9.59 Å². The zero-order valence-corrected chi connectivity index (χ0v) is 22.1. The van der Waals surface area contributed by atoms with Crippen molar-refractivity contribution in [3.63, 3.8) is 0 Å². The van der Waals surface area contributed by atoms with Crippen LogP contribution in [0.25, 0.3) is 0 Å². The minimum Gasteiger partial charge on any atom is -0.354 e. The Morgan fingerprint density at radius 1 is 0.857 bits per heavy atom. The standard InChI is InChI=1S/C28H29Cl3N2O2/c1-19(2)17-32-28(35)26(15-20-8-4-3-5-9-20)33(18-23-24(30)12-7-13-25(23)31)27(34)16-21-10-6-11-22(29)14-21/h3-14,19,26H,15-18H2,1-2H3,(H,32,35). The van der Waals surface area contributed by atoms with Crippen molar-refractivity contribution >= 4 is 46.6 Å². The number of rotatable bonds is 10. The van der Waals surface area contributed by atoms with Gasteiger partial charge in [0.1, 0.15) is 6.04 Å². The molecular weight excluding hydrogens is 503 g/mol. The van der Waals surface area contributed by atoms with E-state index in [4.69, 9.17) is 34.8 Å². The van der Waals surface area contributed by atoms with E-state index in [1.165, 1.54) is 0 Å². The molecule has 0 aliphatic carbocycles. The smallest absolute Gasteiger partial charge is 0.243 e.